The van der Waals surface area contributed by atoms with Crippen LogP contribution < -0.4 is 20.2 Å². The number of furan rings is 1. The summed E-state index contributed by atoms with van der Waals surface area (Å²) < 4.78 is 15.7. The molecule has 2 amide bonds. The van der Waals surface area contributed by atoms with Gasteiger partial charge in [0.25, 0.3) is 0 Å². The van der Waals surface area contributed by atoms with Gasteiger partial charge in [-0.3, -0.25) is 9.59 Å². The van der Waals surface area contributed by atoms with Crippen LogP contribution in [0.4, 0.5) is 0 Å². The molecule has 9 heteroatoms. The smallest absolute Gasteiger partial charge is 0.329 e. The van der Waals surface area contributed by atoms with Crippen molar-refractivity contribution in [3.63, 3.8) is 0 Å². The first-order valence-electron chi connectivity index (χ1n) is 7.69. The van der Waals surface area contributed by atoms with Crippen molar-refractivity contribution in [2.45, 2.75) is 13.5 Å². The number of amides is 2. The topological polar surface area (TPSA) is 102 Å². The van der Waals surface area contributed by atoms with Gasteiger partial charge in [-0.05, 0) is 36.8 Å². The third kappa shape index (κ3) is 5.25. The first-order chi connectivity index (χ1) is 12.5. The second-order valence-electron chi connectivity index (χ2n) is 4.93. The van der Waals surface area contributed by atoms with Gasteiger partial charge in [-0.25, -0.2) is 5.43 Å². The summed E-state index contributed by atoms with van der Waals surface area (Å²) in [6.45, 7) is 2.37. The van der Waals surface area contributed by atoms with Crippen LogP contribution in [-0.2, 0) is 16.1 Å². The third-order valence-corrected chi connectivity index (χ3v) is 3.41. The van der Waals surface area contributed by atoms with Crippen molar-refractivity contribution < 1.29 is 23.5 Å². The number of methoxy groups -OCH3 is 1. The molecule has 0 bridgehead atoms. The quantitative estimate of drug-likeness (QED) is 0.436. The van der Waals surface area contributed by atoms with E-state index in [1.54, 1.807) is 24.3 Å². The SMILES string of the molecule is CCOc1c(Cl)cc(/C=N/NC(=O)C(=O)NCc2ccco2)cc1OC. The maximum absolute atomic E-state index is 11.7. The minimum Gasteiger partial charge on any atom is -0.493 e. The van der Waals surface area contributed by atoms with Crippen molar-refractivity contribution in [1.82, 2.24) is 10.7 Å². The summed E-state index contributed by atoms with van der Waals surface area (Å²) in [7, 11) is 1.49. The van der Waals surface area contributed by atoms with Crippen LogP contribution in [0.3, 0.4) is 0 Å². The molecule has 0 aliphatic carbocycles. The molecule has 0 fully saturated rings. The molecule has 0 aliphatic rings. The molecule has 0 unspecified atom stereocenters. The Bertz CT molecular complexity index is 790. The molecule has 0 aliphatic heterocycles. The number of nitrogens with zero attached hydrogens (tertiary/aromatic N) is 1. The third-order valence-electron chi connectivity index (χ3n) is 3.13. The second kappa shape index (κ2) is 9.47. The predicted molar refractivity (Wildman–Crippen MR) is 95.5 cm³/mol. The van der Waals surface area contributed by atoms with E-state index in [-0.39, 0.29) is 6.54 Å². The number of rotatable bonds is 7. The van der Waals surface area contributed by atoms with Gasteiger partial charge in [0.15, 0.2) is 11.5 Å². The molecular weight excluding hydrogens is 362 g/mol. The number of hydrazone groups is 1. The van der Waals surface area contributed by atoms with E-state index >= 15 is 0 Å². The molecule has 8 nitrogen and oxygen atoms in total. The zero-order valence-corrected chi connectivity index (χ0v) is 15.0. The summed E-state index contributed by atoms with van der Waals surface area (Å²) >= 11 is 6.15. The molecule has 1 heterocycles. The van der Waals surface area contributed by atoms with E-state index in [1.807, 2.05) is 6.92 Å². The summed E-state index contributed by atoms with van der Waals surface area (Å²) in [5, 5.41) is 6.48. The van der Waals surface area contributed by atoms with Crippen LogP contribution in [0, 0.1) is 0 Å². The standard InChI is InChI=1S/C17H18ClN3O5/c1-3-25-15-13(18)7-11(8-14(15)24-2)9-20-21-17(23)16(22)19-10-12-5-4-6-26-12/h4-9H,3,10H2,1-2H3,(H,19,22)(H,21,23)/b20-9+. The zero-order valence-electron chi connectivity index (χ0n) is 14.2. The number of hydrogen-bond acceptors (Lipinski definition) is 6. The average molecular weight is 380 g/mol. The van der Waals surface area contributed by atoms with Gasteiger partial charge < -0.3 is 19.2 Å². The second-order valence-corrected chi connectivity index (χ2v) is 5.34. The van der Waals surface area contributed by atoms with E-state index in [4.69, 9.17) is 25.5 Å². The number of hydrogen-bond donors (Lipinski definition) is 2. The fraction of sp³-hybridized carbons (Fsp3) is 0.235. The summed E-state index contributed by atoms with van der Waals surface area (Å²) in [6.07, 6.45) is 2.81. The Balaban J connectivity index is 1.93. The molecule has 0 atom stereocenters. The number of nitrogens with one attached hydrogen (secondary N) is 2. The molecule has 2 N–H and O–H groups in total. The molecule has 0 saturated heterocycles. The highest BCUT2D eigenvalue weighted by molar-refractivity contribution is 6.35. The summed E-state index contributed by atoms with van der Waals surface area (Å²) in [5.74, 6) is -0.345. The highest BCUT2D eigenvalue weighted by atomic mass is 35.5. The minimum absolute atomic E-state index is 0.106. The number of ether oxygens (including phenoxy) is 2. The Morgan fingerprint density at radius 2 is 2.15 bits per heavy atom. The Hall–Kier alpha value is -3.00. The van der Waals surface area contributed by atoms with Crippen molar-refractivity contribution in [3.05, 3.63) is 46.9 Å². The van der Waals surface area contributed by atoms with E-state index in [1.165, 1.54) is 19.6 Å². The van der Waals surface area contributed by atoms with Crippen LogP contribution in [0.25, 0.3) is 0 Å². The van der Waals surface area contributed by atoms with Gasteiger partial charge in [-0.2, -0.15) is 5.10 Å². The molecule has 1 aromatic carbocycles. The largest absolute Gasteiger partial charge is 0.493 e. The zero-order chi connectivity index (χ0) is 18.9. The van der Waals surface area contributed by atoms with Crippen molar-refractivity contribution in [1.29, 1.82) is 0 Å². The fourth-order valence-corrected chi connectivity index (χ4v) is 2.25. The lowest BCUT2D eigenvalue weighted by molar-refractivity contribution is -0.139. The van der Waals surface area contributed by atoms with Gasteiger partial charge in [0.1, 0.15) is 5.76 Å². The lowest BCUT2D eigenvalue weighted by Gasteiger charge is -2.11. The molecule has 2 rings (SSSR count). The van der Waals surface area contributed by atoms with Gasteiger partial charge in [0.05, 0.1) is 37.8 Å². The molecular formula is C17H18ClN3O5. The molecule has 138 valence electrons. The monoisotopic (exact) mass is 379 g/mol. The number of carbonyl (C=O) groups excluding carboxylic acids is 2. The van der Waals surface area contributed by atoms with Gasteiger partial charge in [0.2, 0.25) is 0 Å². The summed E-state index contributed by atoms with van der Waals surface area (Å²) in [4.78, 5) is 23.3. The first-order valence-corrected chi connectivity index (χ1v) is 8.06. The molecule has 26 heavy (non-hydrogen) atoms. The van der Waals surface area contributed by atoms with Gasteiger partial charge in [0, 0.05) is 0 Å². The summed E-state index contributed by atoms with van der Waals surface area (Å²) in [5.41, 5.74) is 2.69. The van der Waals surface area contributed by atoms with Crippen molar-refractivity contribution in [2.24, 2.45) is 5.10 Å². The van der Waals surface area contributed by atoms with Crippen LogP contribution in [0.2, 0.25) is 5.02 Å². The Morgan fingerprint density at radius 1 is 1.35 bits per heavy atom. The van der Waals surface area contributed by atoms with Gasteiger partial charge in [-0.15, -0.1) is 0 Å². The minimum atomic E-state index is -0.906. The summed E-state index contributed by atoms with van der Waals surface area (Å²) in [6, 6.07) is 6.60. The number of carbonyl (C=O) groups is 2. The van der Waals surface area contributed by atoms with Crippen LogP contribution in [0.5, 0.6) is 11.5 Å². The van der Waals surface area contributed by atoms with Crippen molar-refractivity contribution in [3.8, 4) is 11.5 Å². The molecule has 0 saturated carbocycles. The molecule has 2 aromatic rings. The Morgan fingerprint density at radius 3 is 2.81 bits per heavy atom. The highest BCUT2D eigenvalue weighted by Gasteiger charge is 2.13. The van der Waals surface area contributed by atoms with Crippen LogP contribution in [-0.4, -0.2) is 31.7 Å². The van der Waals surface area contributed by atoms with Crippen LogP contribution in [0.1, 0.15) is 18.2 Å². The molecule has 0 spiro atoms. The Labute approximate surface area is 155 Å². The predicted octanol–water partition coefficient (Wildman–Crippen LogP) is 2.11. The van der Waals surface area contributed by atoms with Crippen molar-refractivity contribution in [2.75, 3.05) is 13.7 Å². The van der Waals surface area contributed by atoms with E-state index < -0.39 is 11.8 Å². The van der Waals surface area contributed by atoms with E-state index in [0.717, 1.165) is 0 Å². The van der Waals surface area contributed by atoms with E-state index in [9.17, 15) is 9.59 Å². The maximum Gasteiger partial charge on any atom is 0.329 e. The van der Waals surface area contributed by atoms with Crippen LogP contribution in [0.15, 0.2) is 40.0 Å². The fourth-order valence-electron chi connectivity index (χ4n) is 1.98. The Kier molecular flexibility index (Phi) is 7.04. The maximum atomic E-state index is 11.7. The van der Waals surface area contributed by atoms with Crippen LogP contribution >= 0.6 is 11.6 Å². The normalized spacial score (nSPS) is 10.6. The lowest BCUT2D eigenvalue weighted by Crippen LogP contribution is -2.37. The van der Waals surface area contributed by atoms with Gasteiger partial charge >= 0.3 is 11.8 Å². The average Bonchev–Trinajstić information content (AvgIpc) is 3.15. The lowest BCUT2D eigenvalue weighted by atomic mass is 10.2. The van der Waals surface area contributed by atoms with Gasteiger partial charge in [-0.1, -0.05) is 11.6 Å². The number of benzene rings is 1. The van der Waals surface area contributed by atoms with E-state index in [0.29, 0.717) is 34.5 Å². The highest BCUT2D eigenvalue weighted by Crippen LogP contribution is 2.35. The first kappa shape index (κ1) is 19.3. The number of halogens is 1. The van der Waals surface area contributed by atoms with E-state index in [2.05, 4.69) is 15.8 Å². The van der Waals surface area contributed by atoms with Crippen molar-refractivity contribution >= 4 is 29.6 Å². The molecule has 0 radical (unpaired) electrons. The molecule has 1 aromatic heterocycles.